The van der Waals surface area contributed by atoms with Crippen molar-refractivity contribution in [2.24, 2.45) is 0 Å². The van der Waals surface area contributed by atoms with Crippen LogP contribution in [0.5, 0.6) is 5.75 Å². The molecular weight excluding hydrogens is 296 g/mol. The van der Waals surface area contributed by atoms with Crippen molar-refractivity contribution in [1.29, 1.82) is 0 Å². The highest BCUT2D eigenvalue weighted by molar-refractivity contribution is 7.99. The van der Waals surface area contributed by atoms with Crippen molar-refractivity contribution in [3.8, 4) is 5.75 Å². The van der Waals surface area contributed by atoms with Crippen LogP contribution in [-0.4, -0.2) is 15.4 Å². The molecule has 4 nitrogen and oxygen atoms in total. The molecule has 120 valence electrons. The van der Waals surface area contributed by atoms with Crippen LogP contribution < -0.4 is 10.4 Å². The summed E-state index contributed by atoms with van der Waals surface area (Å²) in [4.78, 5) is 16.5. The minimum atomic E-state index is -0.159. The van der Waals surface area contributed by atoms with Crippen LogP contribution in [0.3, 0.4) is 0 Å². The van der Waals surface area contributed by atoms with Crippen LogP contribution in [0.1, 0.15) is 44.0 Å². The molecular formula is C17H24N2O2S. The van der Waals surface area contributed by atoms with Gasteiger partial charge < -0.3 is 14.7 Å². The molecule has 1 aromatic carbocycles. The number of imidazole rings is 1. The van der Waals surface area contributed by atoms with Crippen LogP contribution in [0.2, 0.25) is 0 Å². The van der Waals surface area contributed by atoms with E-state index in [1.165, 1.54) is 11.1 Å². The van der Waals surface area contributed by atoms with Gasteiger partial charge in [-0.1, -0.05) is 32.9 Å². The number of thioether (sulfide) groups is 1. The maximum atomic E-state index is 11.1. The first-order valence-electron chi connectivity index (χ1n) is 7.82. The molecule has 1 aromatic heterocycles. The molecule has 2 rings (SSSR count). The Hall–Kier alpha value is -1.62. The molecule has 0 aliphatic rings. The molecule has 0 amide bonds. The Bertz CT molecular complexity index is 648. The summed E-state index contributed by atoms with van der Waals surface area (Å²) >= 11 is 1.70. The van der Waals surface area contributed by atoms with Gasteiger partial charge in [0.25, 0.3) is 0 Å². The van der Waals surface area contributed by atoms with Crippen LogP contribution in [0.15, 0.2) is 29.2 Å². The van der Waals surface area contributed by atoms with Crippen molar-refractivity contribution in [2.45, 2.75) is 51.2 Å². The fourth-order valence-electron chi connectivity index (χ4n) is 2.25. The zero-order chi connectivity index (χ0) is 15.9. The van der Waals surface area contributed by atoms with Crippen LogP contribution >= 0.6 is 11.8 Å². The summed E-state index contributed by atoms with van der Waals surface area (Å²) in [6.45, 7) is 6.43. The number of rotatable bonds is 8. The smallest absolute Gasteiger partial charge is 0.323 e. The number of H-pyrrole nitrogens is 2. The quantitative estimate of drug-likeness (QED) is 0.726. The Balaban J connectivity index is 2.01. The summed E-state index contributed by atoms with van der Waals surface area (Å²) in [5, 5.41) is 0. The molecule has 0 radical (unpaired) electrons. The van der Waals surface area contributed by atoms with Crippen molar-refractivity contribution < 1.29 is 4.74 Å². The summed E-state index contributed by atoms with van der Waals surface area (Å²) in [5.74, 6) is 1.70. The van der Waals surface area contributed by atoms with Gasteiger partial charge in [0.2, 0.25) is 0 Å². The predicted octanol–water partition coefficient (Wildman–Crippen LogP) is 3.88. The van der Waals surface area contributed by atoms with E-state index in [1.807, 2.05) is 0 Å². The topological polar surface area (TPSA) is 57.9 Å². The summed E-state index contributed by atoms with van der Waals surface area (Å²) < 4.78 is 6.17. The molecule has 0 spiro atoms. The fourth-order valence-corrected chi connectivity index (χ4v) is 3.18. The van der Waals surface area contributed by atoms with Crippen LogP contribution in [-0.2, 0) is 18.6 Å². The highest BCUT2D eigenvalue weighted by atomic mass is 32.2. The molecule has 0 saturated heterocycles. The highest BCUT2D eigenvalue weighted by Gasteiger charge is 2.12. The van der Waals surface area contributed by atoms with E-state index in [9.17, 15) is 4.79 Å². The Morgan fingerprint density at radius 1 is 1.23 bits per heavy atom. The molecule has 2 N–H and O–H groups in total. The molecule has 0 fully saturated rings. The average Bonchev–Trinajstić information content (AvgIpc) is 2.96. The van der Waals surface area contributed by atoms with E-state index in [-0.39, 0.29) is 11.1 Å². The molecule has 22 heavy (non-hydrogen) atoms. The lowest BCUT2D eigenvalue weighted by atomic mass is 10.1. The van der Waals surface area contributed by atoms with Gasteiger partial charge in [-0.05, 0) is 36.5 Å². The largest absolute Gasteiger partial charge is 0.480 e. The highest BCUT2D eigenvalue weighted by Crippen LogP contribution is 2.27. The number of benzene rings is 1. The second-order valence-electron chi connectivity index (χ2n) is 5.18. The molecule has 1 atom stereocenters. The Morgan fingerprint density at radius 2 is 2.05 bits per heavy atom. The number of hydrogen-bond acceptors (Lipinski definition) is 3. The molecule has 0 aliphatic heterocycles. The molecule has 0 bridgehead atoms. The van der Waals surface area contributed by atoms with Gasteiger partial charge in [-0.3, -0.25) is 0 Å². The number of nitrogens with one attached hydrogen (secondary N) is 2. The summed E-state index contributed by atoms with van der Waals surface area (Å²) in [5.41, 5.74) is 3.42. The first kappa shape index (κ1) is 16.7. The van der Waals surface area contributed by atoms with Gasteiger partial charge >= 0.3 is 5.69 Å². The third-order valence-corrected chi connectivity index (χ3v) is 4.86. The number of aromatic nitrogens is 2. The van der Waals surface area contributed by atoms with E-state index in [4.69, 9.17) is 4.74 Å². The van der Waals surface area contributed by atoms with Crippen LogP contribution in [0.4, 0.5) is 0 Å². The van der Waals surface area contributed by atoms with Gasteiger partial charge in [0.05, 0.1) is 0 Å². The van der Waals surface area contributed by atoms with Crippen molar-refractivity contribution in [2.75, 3.05) is 0 Å². The lowest BCUT2D eigenvalue weighted by Crippen LogP contribution is -2.12. The summed E-state index contributed by atoms with van der Waals surface area (Å²) in [6.07, 6.45) is 4.64. The van der Waals surface area contributed by atoms with E-state index in [1.54, 1.807) is 18.0 Å². The van der Waals surface area contributed by atoms with Crippen LogP contribution in [0, 0.1) is 0 Å². The summed E-state index contributed by atoms with van der Waals surface area (Å²) in [7, 11) is 0. The summed E-state index contributed by atoms with van der Waals surface area (Å²) in [6, 6.07) is 6.45. The maximum absolute atomic E-state index is 11.1. The Morgan fingerprint density at radius 3 is 2.64 bits per heavy atom. The Kier molecular flexibility index (Phi) is 6.19. The zero-order valence-corrected chi connectivity index (χ0v) is 14.3. The van der Waals surface area contributed by atoms with Gasteiger partial charge in [-0.15, -0.1) is 11.8 Å². The van der Waals surface area contributed by atoms with Gasteiger partial charge in [0.15, 0.2) is 0 Å². The second-order valence-corrected chi connectivity index (χ2v) is 6.33. The molecule has 0 aliphatic carbocycles. The van der Waals surface area contributed by atoms with Crippen molar-refractivity contribution in [3.05, 3.63) is 51.7 Å². The normalized spacial score (nSPS) is 12.3. The molecule has 5 heteroatoms. The minimum Gasteiger partial charge on any atom is -0.480 e. The number of ether oxygens (including phenoxy) is 1. The third-order valence-electron chi connectivity index (χ3n) is 3.58. The van der Waals surface area contributed by atoms with Crippen molar-refractivity contribution >= 4 is 11.8 Å². The average molecular weight is 320 g/mol. The minimum absolute atomic E-state index is 0.0798. The van der Waals surface area contributed by atoms with E-state index >= 15 is 0 Å². The first-order valence-corrected chi connectivity index (χ1v) is 8.87. The maximum Gasteiger partial charge on any atom is 0.323 e. The van der Waals surface area contributed by atoms with Gasteiger partial charge in [-0.25, -0.2) is 4.79 Å². The van der Waals surface area contributed by atoms with Gasteiger partial charge in [0.1, 0.15) is 11.2 Å². The van der Waals surface area contributed by atoms with E-state index in [0.717, 1.165) is 36.5 Å². The molecule has 1 unspecified atom stereocenters. The van der Waals surface area contributed by atoms with Crippen LogP contribution in [0.25, 0.3) is 0 Å². The first-order chi connectivity index (χ1) is 10.7. The third kappa shape index (κ3) is 4.44. The molecule has 0 saturated carbocycles. The predicted molar refractivity (Wildman–Crippen MR) is 92.6 cm³/mol. The fraction of sp³-hybridized carbons (Fsp3) is 0.471. The monoisotopic (exact) mass is 320 g/mol. The van der Waals surface area contributed by atoms with Gasteiger partial charge in [0, 0.05) is 17.6 Å². The number of aryl methyl sites for hydroxylation is 2. The van der Waals surface area contributed by atoms with Gasteiger partial charge in [-0.2, -0.15) is 0 Å². The Labute approximate surface area is 135 Å². The van der Waals surface area contributed by atoms with E-state index < -0.39 is 0 Å². The standard InChI is InChI=1S/C17H24N2O2S/c1-4-12-7-8-15(13(5-2)9-12)21-16(6-3)22-11-14-10-18-17(20)19-14/h7-10,16H,4-6,11H2,1-3H3,(H2,18,19,20). The number of hydrogen-bond donors (Lipinski definition) is 2. The second kappa shape index (κ2) is 8.13. The zero-order valence-electron chi connectivity index (χ0n) is 13.4. The molecule has 1 heterocycles. The lowest BCUT2D eigenvalue weighted by molar-refractivity contribution is 0.281. The number of aromatic amines is 2. The lowest BCUT2D eigenvalue weighted by Gasteiger charge is -2.19. The van der Waals surface area contributed by atoms with E-state index in [2.05, 4.69) is 48.9 Å². The SMILES string of the molecule is CCc1ccc(OC(CC)SCc2c[nH]c(=O)[nH]2)c(CC)c1. The van der Waals surface area contributed by atoms with Crippen molar-refractivity contribution in [3.63, 3.8) is 0 Å². The molecule has 2 aromatic rings. The van der Waals surface area contributed by atoms with E-state index in [0.29, 0.717) is 0 Å². The van der Waals surface area contributed by atoms with Crippen molar-refractivity contribution in [1.82, 2.24) is 9.97 Å².